The average molecular weight is 287 g/mol. The standard InChI is InChI=1S/C18H22FNO/c1-14-7-9-15(10-8-14)18(21)11-12-20(2)13-16-5-3-4-6-17(16)19/h3-10,18,21H,11-13H2,1-2H3. The van der Waals surface area contributed by atoms with Crippen molar-refractivity contribution in [1.29, 1.82) is 0 Å². The Labute approximate surface area is 125 Å². The quantitative estimate of drug-likeness (QED) is 0.876. The van der Waals surface area contributed by atoms with Crippen molar-refractivity contribution in [2.75, 3.05) is 13.6 Å². The molecule has 0 aliphatic heterocycles. The second-order valence-electron chi connectivity index (χ2n) is 5.54. The molecule has 112 valence electrons. The van der Waals surface area contributed by atoms with E-state index in [0.717, 1.165) is 5.56 Å². The SMILES string of the molecule is Cc1ccc(C(O)CCN(C)Cc2ccccc2F)cc1. The Morgan fingerprint density at radius 2 is 1.76 bits per heavy atom. The number of rotatable bonds is 6. The van der Waals surface area contributed by atoms with E-state index in [1.165, 1.54) is 11.6 Å². The monoisotopic (exact) mass is 287 g/mol. The molecule has 0 amide bonds. The van der Waals surface area contributed by atoms with Crippen LogP contribution in [0.15, 0.2) is 48.5 Å². The zero-order valence-corrected chi connectivity index (χ0v) is 12.6. The summed E-state index contributed by atoms with van der Waals surface area (Å²) in [5, 5.41) is 10.2. The van der Waals surface area contributed by atoms with Gasteiger partial charge >= 0.3 is 0 Å². The number of aryl methyl sites for hydroxylation is 1. The molecule has 0 aliphatic rings. The topological polar surface area (TPSA) is 23.5 Å². The van der Waals surface area contributed by atoms with Gasteiger partial charge in [0.15, 0.2) is 0 Å². The van der Waals surface area contributed by atoms with Gasteiger partial charge in [0.25, 0.3) is 0 Å². The molecule has 0 saturated carbocycles. The van der Waals surface area contributed by atoms with Gasteiger partial charge in [0.05, 0.1) is 6.10 Å². The lowest BCUT2D eigenvalue weighted by Crippen LogP contribution is -2.21. The van der Waals surface area contributed by atoms with Crippen molar-refractivity contribution in [2.45, 2.75) is 26.0 Å². The summed E-state index contributed by atoms with van der Waals surface area (Å²) < 4.78 is 13.6. The Morgan fingerprint density at radius 1 is 1.10 bits per heavy atom. The van der Waals surface area contributed by atoms with Crippen LogP contribution in [-0.2, 0) is 6.54 Å². The maximum atomic E-state index is 13.6. The van der Waals surface area contributed by atoms with Gasteiger partial charge in [0.2, 0.25) is 0 Å². The van der Waals surface area contributed by atoms with Crippen LogP contribution in [-0.4, -0.2) is 23.6 Å². The summed E-state index contributed by atoms with van der Waals surface area (Å²) in [6.45, 7) is 3.29. The fourth-order valence-corrected chi connectivity index (χ4v) is 2.29. The number of aliphatic hydroxyl groups is 1. The first-order valence-corrected chi connectivity index (χ1v) is 7.23. The molecule has 1 N–H and O–H groups in total. The first-order chi connectivity index (χ1) is 10.1. The molecule has 0 aromatic heterocycles. The molecule has 0 heterocycles. The molecule has 3 heteroatoms. The van der Waals surface area contributed by atoms with Gasteiger partial charge in [-0.1, -0.05) is 48.0 Å². The fourth-order valence-electron chi connectivity index (χ4n) is 2.29. The van der Waals surface area contributed by atoms with Crippen LogP contribution < -0.4 is 0 Å². The molecular formula is C18H22FNO. The van der Waals surface area contributed by atoms with Gasteiger partial charge in [-0.2, -0.15) is 0 Å². The Bertz CT molecular complexity index is 568. The zero-order valence-electron chi connectivity index (χ0n) is 12.6. The molecule has 2 aromatic rings. The molecular weight excluding hydrogens is 265 g/mol. The molecule has 2 nitrogen and oxygen atoms in total. The van der Waals surface area contributed by atoms with Crippen molar-refractivity contribution in [1.82, 2.24) is 4.90 Å². The number of nitrogens with zero attached hydrogens (tertiary/aromatic N) is 1. The molecule has 0 saturated heterocycles. The van der Waals surface area contributed by atoms with Crippen molar-refractivity contribution in [2.24, 2.45) is 0 Å². The largest absolute Gasteiger partial charge is 0.388 e. The molecule has 21 heavy (non-hydrogen) atoms. The lowest BCUT2D eigenvalue weighted by Gasteiger charge is -2.19. The third kappa shape index (κ3) is 4.66. The lowest BCUT2D eigenvalue weighted by molar-refractivity contribution is 0.147. The Morgan fingerprint density at radius 3 is 2.43 bits per heavy atom. The van der Waals surface area contributed by atoms with E-state index in [2.05, 4.69) is 0 Å². The van der Waals surface area contributed by atoms with E-state index >= 15 is 0 Å². The van der Waals surface area contributed by atoms with E-state index in [-0.39, 0.29) is 5.82 Å². The molecule has 1 unspecified atom stereocenters. The summed E-state index contributed by atoms with van der Waals surface area (Å²) in [5.74, 6) is -0.177. The maximum absolute atomic E-state index is 13.6. The number of aliphatic hydroxyl groups excluding tert-OH is 1. The van der Waals surface area contributed by atoms with Gasteiger partial charge < -0.3 is 10.0 Å². The van der Waals surface area contributed by atoms with E-state index in [0.29, 0.717) is 25.1 Å². The molecule has 0 spiro atoms. The van der Waals surface area contributed by atoms with Gasteiger partial charge in [-0.15, -0.1) is 0 Å². The normalized spacial score (nSPS) is 12.6. The van der Waals surface area contributed by atoms with Crippen LogP contribution in [0.3, 0.4) is 0 Å². The van der Waals surface area contributed by atoms with Gasteiger partial charge in [0.1, 0.15) is 5.82 Å². The van der Waals surface area contributed by atoms with Crippen LogP contribution in [0.1, 0.15) is 29.2 Å². The highest BCUT2D eigenvalue weighted by atomic mass is 19.1. The summed E-state index contributed by atoms with van der Waals surface area (Å²) in [6, 6.07) is 14.7. The van der Waals surface area contributed by atoms with E-state index in [1.807, 2.05) is 49.2 Å². The smallest absolute Gasteiger partial charge is 0.127 e. The summed E-state index contributed by atoms with van der Waals surface area (Å²) in [4.78, 5) is 2.02. The predicted octanol–water partition coefficient (Wildman–Crippen LogP) is 3.69. The summed E-state index contributed by atoms with van der Waals surface area (Å²) >= 11 is 0. The minimum absolute atomic E-state index is 0.177. The van der Waals surface area contributed by atoms with Crippen molar-refractivity contribution >= 4 is 0 Å². The van der Waals surface area contributed by atoms with Crippen LogP contribution in [0, 0.1) is 12.7 Å². The molecule has 0 fully saturated rings. The summed E-state index contributed by atoms with van der Waals surface area (Å²) in [6.07, 6.45) is 0.155. The second-order valence-corrected chi connectivity index (χ2v) is 5.54. The zero-order chi connectivity index (χ0) is 15.2. The van der Waals surface area contributed by atoms with Gasteiger partial charge in [-0.3, -0.25) is 0 Å². The molecule has 0 bridgehead atoms. The molecule has 2 aromatic carbocycles. The van der Waals surface area contributed by atoms with E-state index in [1.54, 1.807) is 12.1 Å². The van der Waals surface area contributed by atoms with Crippen molar-refractivity contribution in [3.63, 3.8) is 0 Å². The lowest BCUT2D eigenvalue weighted by atomic mass is 10.0. The first-order valence-electron chi connectivity index (χ1n) is 7.23. The van der Waals surface area contributed by atoms with Crippen LogP contribution in [0.4, 0.5) is 4.39 Å². The Kier molecular flexibility index (Phi) is 5.48. The van der Waals surface area contributed by atoms with Crippen LogP contribution in [0.5, 0.6) is 0 Å². The highest BCUT2D eigenvalue weighted by Crippen LogP contribution is 2.18. The molecule has 0 aliphatic carbocycles. The Balaban J connectivity index is 1.85. The number of benzene rings is 2. The second kappa shape index (κ2) is 7.34. The molecule has 1 atom stereocenters. The minimum atomic E-state index is -0.478. The van der Waals surface area contributed by atoms with Crippen LogP contribution in [0.25, 0.3) is 0 Å². The van der Waals surface area contributed by atoms with Crippen LogP contribution in [0.2, 0.25) is 0 Å². The van der Waals surface area contributed by atoms with E-state index < -0.39 is 6.10 Å². The fraction of sp³-hybridized carbons (Fsp3) is 0.333. The third-order valence-corrected chi connectivity index (χ3v) is 3.64. The first kappa shape index (κ1) is 15.7. The number of hydrogen-bond donors (Lipinski definition) is 1. The maximum Gasteiger partial charge on any atom is 0.127 e. The predicted molar refractivity (Wildman–Crippen MR) is 83.5 cm³/mol. The highest BCUT2D eigenvalue weighted by Gasteiger charge is 2.10. The van der Waals surface area contributed by atoms with E-state index in [9.17, 15) is 9.50 Å². The molecule has 2 rings (SSSR count). The van der Waals surface area contributed by atoms with E-state index in [4.69, 9.17) is 0 Å². The third-order valence-electron chi connectivity index (χ3n) is 3.64. The van der Waals surface area contributed by atoms with Crippen molar-refractivity contribution < 1.29 is 9.50 Å². The molecule has 0 radical (unpaired) electrons. The number of halogens is 1. The van der Waals surface area contributed by atoms with Crippen molar-refractivity contribution in [3.8, 4) is 0 Å². The van der Waals surface area contributed by atoms with Gasteiger partial charge in [0, 0.05) is 18.7 Å². The Hall–Kier alpha value is -1.71. The number of hydrogen-bond acceptors (Lipinski definition) is 2. The minimum Gasteiger partial charge on any atom is -0.388 e. The van der Waals surface area contributed by atoms with Gasteiger partial charge in [-0.25, -0.2) is 4.39 Å². The average Bonchev–Trinajstić information content (AvgIpc) is 2.48. The summed E-state index contributed by atoms with van der Waals surface area (Å²) in [5.41, 5.74) is 2.80. The highest BCUT2D eigenvalue weighted by molar-refractivity contribution is 5.23. The van der Waals surface area contributed by atoms with Gasteiger partial charge in [-0.05, 0) is 32.0 Å². The van der Waals surface area contributed by atoms with Crippen LogP contribution >= 0.6 is 0 Å². The van der Waals surface area contributed by atoms with Crippen molar-refractivity contribution in [3.05, 3.63) is 71.0 Å². The summed E-state index contributed by atoms with van der Waals surface area (Å²) in [7, 11) is 1.94.